The maximum atomic E-state index is 13.6. The normalized spacial score (nSPS) is 16.0. The van der Waals surface area contributed by atoms with Gasteiger partial charge in [0.25, 0.3) is 0 Å². The summed E-state index contributed by atoms with van der Waals surface area (Å²) in [5.41, 5.74) is 2.74. The van der Waals surface area contributed by atoms with Crippen LogP contribution in [0, 0.1) is 0 Å². The van der Waals surface area contributed by atoms with Crippen LogP contribution in [-0.4, -0.2) is 77.8 Å². The summed E-state index contributed by atoms with van der Waals surface area (Å²) in [6, 6.07) is 24.4. The Balaban J connectivity index is 1.15. The van der Waals surface area contributed by atoms with Crippen LogP contribution in [0.1, 0.15) is 23.0 Å². The fourth-order valence-electron chi connectivity index (χ4n) is 5.52. The second kappa shape index (κ2) is 11.4. The van der Waals surface area contributed by atoms with Crippen molar-refractivity contribution in [3.05, 3.63) is 108 Å². The van der Waals surface area contributed by atoms with Gasteiger partial charge in [0.15, 0.2) is 17.0 Å². The van der Waals surface area contributed by atoms with Crippen molar-refractivity contribution in [3.8, 4) is 5.82 Å². The lowest BCUT2D eigenvalue weighted by atomic mass is 9.96. The van der Waals surface area contributed by atoms with Gasteiger partial charge in [-0.15, -0.1) is 0 Å². The molecule has 6 rings (SSSR count). The third-order valence-corrected chi connectivity index (χ3v) is 7.43. The monoisotopic (exact) mass is 561 g/mol. The molecule has 5 aromatic rings. The molecule has 212 valence electrons. The van der Waals surface area contributed by atoms with Crippen molar-refractivity contribution in [2.45, 2.75) is 24.9 Å². The highest BCUT2D eigenvalue weighted by molar-refractivity contribution is 5.78. The largest absolute Gasteiger partial charge is 0.451 e. The van der Waals surface area contributed by atoms with Crippen molar-refractivity contribution in [2.24, 2.45) is 0 Å². The van der Waals surface area contributed by atoms with E-state index in [4.69, 9.17) is 0 Å². The van der Waals surface area contributed by atoms with Gasteiger partial charge in [-0.2, -0.15) is 13.2 Å². The summed E-state index contributed by atoms with van der Waals surface area (Å²) < 4.78 is 43.8. The van der Waals surface area contributed by atoms with Crippen LogP contribution in [0.3, 0.4) is 0 Å². The van der Waals surface area contributed by atoms with Gasteiger partial charge in [-0.1, -0.05) is 60.7 Å². The molecule has 2 aromatic carbocycles. The van der Waals surface area contributed by atoms with Gasteiger partial charge in [-0.25, -0.2) is 15.0 Å². The molecule has 1 aliphatic rings. The van der Waals surface area contributed by atoms with Crippen molar-refractivity contribution in [1.29, 1.82) is 0 Å². The first kappa shape index (κ1) is 27.1. The molecule has 0 spiro atoms. The fourth-order valence-corrected chi connectivity index (χ4v) is 5.52. The molecular weight excluding hydrogens is 531 g/mol. The van der Waals surface area contributed by atoms with Crippen LogP contribution < -0.4 is 0 Å². The number of aliphatic hydroxyl groups is 1. The van der Waals surface area contributed by atoms with Crippen molar-refractivity contribution in [1.82, 2.24) is 33.9 Å². The van der Waals surface area contributed by atoms with Gasteiger partial charge in [0.05, 0.1) is 25.0 Å². The predicted octanol–water partition coefficient (Wildman–Crippen LogP) is 4.40. The Bertz CT molecular complexity index is 1530. The Morgan fingerprint density at radius 2 is 1.39 bits per heavy atom. The third kappa shape index (κ3) is 5.88. The number of piperazine rings is 1. The van der Waals surface area contributed by atoms with E-state index in [1.165, 1.54) is 26.6 Å². The number of imidazole rings is 1. The standard InChI is InChI=1S/C30H30F3N7O/c31-30(32,33)29-35-27(39-13-7-8-14-39)25-28(36-29)40(21-34-25)20-24(41)19-37-15-17-38(18-16-37)26(22-9-3-1-4-10-22)23-11-5-2-6-12-23/h1-14,21,24,26,41H,15-20H2/t24-/m0/s1. The Hall–Kier alpha value is -4.06. The maximum Gasteiger partial charge on any atom is 0.451 e. The first-order valence-corrected chi connectivity index (χ1v) is 13.5. The summed E-state index contributed by atoms with van der Waals surface area (Å²) in [7, 11) is 0. The Morgan fingerprint density at radius 1 is 0.780 bits per heavy atom. The number of aromatic nitrogens is 5. The van der Waals surface area contributed by atoms with Crippen LogP contribution in [0.25, 0.3) is 17.0 Å². The number of benzene rings is 2. The number of halogens is 3. The van der Waals surface area contributed by atoms with Crippen molar-refractivity contribution in [2.75, 3.05) is 32.7 Å². The molecule has 0 unspecified atom stereocenters. The lowest BCUT2D eigenvalue weighted by Gasteiger charge is -2.40. The average Bonchev–Trinajstić information content (AvgIpc) is 3.65. The van der Waals surface area contributed by atoms with E-state index in [0.717, 1.165) is 26.2 Å². The minimum atomic E-state index is -4.72. The van der Waals surface area contributed by atoms with Gasteiger partial charge in [0, 0.05) is 45.1 Å². The van der Waals surface area contributed by atoms with Crippen molar-refractivity contribution >= 4 is 11.2 Å². The Kier molecular flexibility index (Phi) is 7.57. The molecule has 1 aliphatic heterocycles. The minimum Gasteiger partial charge on any atom is -0.390 e. The highest BCUT2D eigenvalue weighted by Crippen LogP contribution is 2.31. The van der Waals surface area contributed by atoms with Crippen LogP contribution >= 0.6 is 0 Å². The van der Waals surface area contributed by atoms with Crippen LogP contribution in [0.2, 0.25) is 0 Å². The minimum absolute atomic E-state index is 0.0356. The molecule has 1 fully saturated rings. The van der Waals surface area contributed by atoms with Gasteiger partial charge >= 0.3 is 6.18 Å². The number of aliphatic hydroxyl groups excluding tert-OH is 1. The van der Waals surface area contributed by atoms with Gasteiger partial charge < -0.3 is 14.2 Å². The molecule has 41 heavy (non-hydrogen) atoms. The van der Waals surface area contributed by atoms with E-state index in [1.807, 2.05) is 12.1 Å². The third-order valence-electron chi connectivity index (χ3n) is 7.43. The maximum absolute atomic E-state index is 13.6. The Morgan fingerprint density at radius 3 is 1.98 bits per heavy atom. The lowest BCUT2D eigenvalue weighted by molar-refractivity contribution is -0.144. The fraction of sp³-hybridized carbons (Fsp3) is 0.300. The molecular formula is C30H30F3N7O. The zero-order valence-electron chi connectivity index (χ0n) is 22.3. The van der Waals surface area contributed by atoms with E-state index in [2.05, 4.69) is 73.3 Å². The number of hydrogen-bond donors (Lipinski definition) is 1. The molecule has 0 bridgehead atoms. The summed E-state index contributed by atoms with van der Waals surface area (Å²) in [4.78, 5) is 16.5. The molecule has 1 saturated heterocycles. The molecule has 1 N–H and O–H groups in total. The lowest BCUT2D eigenvalue weighted by Crippen LogP contribution is -2.50. The molecule has 0 aliphatic carbocycles. The number of β-amino-alcohol motifs (C(OH)–C–C–N with tert-alkyl or cyclic N) is 1. The van der Waals surface area contributed by atoms with E-state index >= 15 is 0 Å². The second-order valence-corrected chi connectivity index (χ2v) is 10.2. The average molecular weight is 562 g/mol. The first-order valence-electron chi connectivity index (χ1n) is 13.5. The highest BCUT2D eigenvalue weighted by Gasteiger charge is 2.36. The molecule has 4 heterocycles. The van der Waals surface area contributed by atoms with Gasteiger partial charge in [0.2, 0.25) is 5.82 Å². The van der Waals surface area contributed by atoms with Crippen molar-refractivity contribution < 1.29 is 18.3 Å². The topological polar surface area (TPSA) is 75.2 Å². The summed E-state index contributed by atoms with van der Waals surface area (Å²) in [5.74, 6) is -1.20. The SMILES string of the molecule is O[C@@H](CN1CCN(C(c2ccccc2)c2ccccc2)CC1)Cn1cnc2c(-n3cccc3)nc(C(F)(F)F)nc21. The van der Waals surface area contributed by atoms with Crippen LogP contribution in [0.15, 0.2) is 91.5 Å². The number of rotatable bonds is 8. The number of alkyl halides is 3. The van der Waals surface area contributed by atoms with Gasteiger partial charge in [0.1, 0.15) is 0 Å². The number of fused-ring (bicyclic) bond motifs is 1. The van der Waals surface area contributed by atoms with Crippen molar-refractivity contribution in [3.63, 3.8) is 0 Å². The first-order chi connectivity index (χ1) is 19.9. The van der Waals surface area contributed by atoms with Crippen LogP contribution in [0.5, 0.6) is 0 Å². The molecule has 1 atom stereocenters. The summed E-state index contributed by atoms with van der Waals surface area (Å²) >= 11 is 0. The molecule has 8 nitrogen and oxygen atoms in total. The van der Waals surface area contributed by atoms with E-state index in [0.29, 0.717) is 6.54 Å². The zero-order chi connectivity index (χ0) is 28.4. The van der Waals surface area contributed by atoms with Gasteiger partial charge in [-0.3, -0.25) is 9.80 Å². The smallest absolute Gasteiger partial charge is 0.390 e. The molecule has 11 heteroatoms. The van der Waals surface area contributed by atoms with E-state index < -0.39 is 18.1 Å². The molecule has 3 aromatic heterocycles. The van der Waals surface area contributed by atoms with Crippen LogP contribution in [-0.2, 0) is 12.7 Å². The number of nitrogens with zero attached hydrogens (tertiary/aromatic N) is 7. The van der Waals surface area contributed by atoms with Crippen LogP contribution in [0.4, 0.5) is 13.2 Å². The predicted molar refractivity (Wildman–Crippen MR) is 148 cm³/mol. The Labute approximate surface area is 235 Å². The zero-order valence-corrected chi connectivity index (χ0v) is 22.3. The molecule has 0 amide bonds. The molecule has 0 radical (unpaired) electrons. The number of hydrogen-bond acceptors (Lipinski definition) is 6. The van der Waals surface area contributed by atoms with E-state index in [-0.39, 0.29) is 29.6 Å². The summed E-state index contributed by atoms with van der Waals surface area (Å²) in [6.45, 7) is 3.60. The van der Waals surface area contributed by atoms with E-state index in [1.54, 1.807) is 24.5 Å². The quantitative estimate of drug-likeness (QED) is 0.303. The van der Waals surface area contributed by atoms with Gasteiger partial charge in [-0.05, 0) is 23.3 Å². The molecule has 0 saturated carbocycles. The highest BCUT2D eigenvalue weighted by atomic mass is 19.4. The second-order valence-electron chi connectivity index (χ2n) is 10.2. The van der Waals surface area contributed by atoms with E-state index in [9.17, 15) is 18.3 Å². The summed E-state index contributed by atoms with van der Waals surface area (Å²) in [5, 5.41) is 11.0. The summed E-state index contributed by atoms with van der Waals surface area (Å²) in [6.07, 6.45) is -0.915.